The fraction of sp³-hybridized carbons (Fsp3) is 0.462. The Labute approximate surface area is 118 Å². The van der Waals surface area contributed by atoms with Crippen LogP contribution in [0.25, 0.3) is 0 Å². The summed E-state index contributed by atoms with van der Waals surface area (Å²) in [5.41, 5.74) is -0.391. The van der Waals surface area contributed by atoms with Crippen LogP contribution in [0.1, 0.15) is 30.4 Å². The van der Waals surface area contributed by atoms with E-state index in [1.54, 1.807) is 0 Å². The zero-order chi connectivity index (χ0) is 14.5. The van der Waals surface area contributed by atoms with Crippen LogP contribution in [0.2, 0.25) is 0 Å². The average Bonchev–Trinajstić information content (AvgIpc) is 2.30. The molecular formula is C13H15BrF3NO. The Morgan fingerprint density at radius 1 is 1.32 bits per heavy atom. The lowest BCUT2D eigenvalue weighted by Gasteiger charge is -2.12. The number of alkyl halides is 4. The van der Waals surface area contributed by atoms with Gasteiger partial charge in [-0.1, -0.05) is 22.0 Å². The summed E-state index contributed by atoms with van der Waals surface area (Å²) in [5, 5.41) is 3.29. The number of aryl methyl sites for hydroxylation is 1. The first kappa shape index (κ1) is 16.0. The maximum absolute atomic E-state index is 12.7. The number of benzene rings is 1. The molecule has 0 aliphatic carbocycles. The molecule has 6 heteroatoms. The molecule has 0 radical (unpaired) electrons. The van der Waals surface area contributed by atoms with Crippen LogP contribution < -0.4 is 5.32 Å². The first-order valence-corrected chi connectivity index (χ1v) is 7.00. The van der Waals surface area contributed by atoms with Crippen molar-refractivity contribution in [3.05, 3.63) is 29.3 Å². The van der Waals surface area contributed by atoms with Gasteiger partial charge in [-0.25, -0.2) is 0 Å². The summed E-state index contributed by atoms with van der Waals surface area (Å²) < 4.78 is 38.1. The Kier molecular flexibility index (Phi) is 5.85. The van der Waals surface area contributed by atoms with E-state index in [9.17, 15) is 18.0 Å². The number of carbonyl (C=O) groups is 1. The number of hydrogen-bond acceptors (Lipinski definition) is 1. The van der Waals surface area contributed by atoms with E-state index in [1.807, 2.05) is 0 Å². The van der Waals surface area contributed by atoms with E-state index in [0.717, 1.165) is 17.8 Å². The van der Waals surface area contributed by atoms with Gasteiger partial charge < -0.3 is 5.32 Å². The van der Waals surface area contributed by atoms with Crippen LogP contribution in [-0.4, -0.2) is 11.2 Å². The van der Waals surface area contributed by atoms with Crippen LogP contribution in [0.15, 0.2) is 18.2 Å². The van der Waals surface area contributed by atoms with Gasteiger partial charge in [-0.05, 0) is 37.5 Å². The standard InChI is InChI=1S/C13H15BrF3NO/c1-9-5-6-10(8-11(9)13(15,16)17)18-12(19)4-2-3-7-14/h5-6,8H,2-4,7H2,1H3,(H,18,19). The highest BCUT2D eigenvalue weighted by Crippen LogP contribution is 2.33. The molecule has 0 saturated heterocycles. The lowest BCUT2D eigenvalue weighted by molar-refractivity contribution is -0.138. The van der Waals surface area contributed by atoms with Crippen molar-refractivity contribution in [2.45, 2.75) is 32.4 Å². The van der Waals surface area contributed by atoms with Crippen LogP contribution in [0.3, 0.4) is 0 Å². The van der Waals surface area contributed by atoms with Gasteiger partial charge in [0.25, 0.3) is 0 Å². The minimum Gasteiger partial charge on any atom is -0.326 e. The molecule has 0 spiro atoms. The Morgan fingerprint density at radius 2 is 2.00 bits per heavy atom. The Morgan fingerprint density at radius 3 is 2.58 bits per heavy atom. The highest BCUT2D eigenvalue weighted by atomic mass is 79.9. The van der Waals surface area contributed by atoms with E-state index in [2.05, 4.69) is 21.2 Å². The van der Waals surface area contributed by atoms with E-state index in [-0.39, 0.29) is 17.2 Å². The van der Waals surface area contributed by atoms with Gasteiger partial charge in [0.05, 0.1) is 5.56 Å². The molecule has 0 aliphatic rings. The predicted octanol–water partition coefficient (Wildman–Crippen LogP) is 4.52. The van der Waals surface area contributed by atoms with Crippen LogP contribution in [0.5, 0.6) is 0 Å². The number of amides is 1. The van der Waals surface area contributed by atoms with Crippen molar-refractivity contribution in [1.29, 1.82) is 0 Å². The van der Waals surface area contributed by atoms with E-state index < -0.39 is 11.7 Å². The molecular weight excluding hydrogens is 323 g/mol. The van der Waals surface area contributed by atoms with Crippen LogP contribution in [0.4, 0.5) is 18.9 Å². The van der Waals surface area contributed by atoms with Crippen molar-refractivity contribution in [2.24, 2.45) is 0 Å². The van der Waals surface area contributed by atoms with Crippen molar-refractivity contribution in [3.8, 4) is 0 Å². The third-order valence-corrected chi connectivity index (χ3v) is 3.17. The van der Waals surface area contributed by atoms with Crippen molar-refractivity contribution in [1.82, 2.24) is 0 Å². The maximum atomic E-state index is 12.7. The normalized spacial score (nSPS) is 11.4. The van der Waals surface area contributed by atoms with Crippen molar-refractivity contribution in [2.75, 3.05) is 10.6 Å². The van der Waals surface area contributed by atoms with E-state index in [4.69, 9.17) is 0 Å². The molecule has 0 saturated carbocycles. The first-order chi connectivity index (χ1) is 8.84. The number of carbonyl (C=O) groups excluding carboxylic acids is 1. The third-order valence-electron chi connectivity index (χ3n) is 2.61. The summed E-state index contributed by atoms with van der Waals surface area (Å²) in [6, 6.07) is 3.81. The lowest BCUT2D eigenvalue weighted by Crippen LogP contribution is -2.13. The molecule has 106 valence electrons. The summed E-state index contributed by atoms with van der Waals surface area (Å²) in [4.78, 5) is 11.5. The SMILES string of the molecule is Cc1ccc(NC(=O)CCCCBr)cc1C(F)(F)F. The summed E-state index contributed by atoms with van der Waals surface area (Å²) in [6.07, 6.45) is -2.54. The molecule has 0 bridgehead atoms. The van der Waals surface area contributed by atoms with Crippen molar-refractivity contribution < 1.29 is 18.0 Å². The number of rotatable bonds is 5. The van der Waals surface area contributed by atoms with E-state index in [1.165, 1.54) is 19.1 Å². The summed E-state index contributed by atoms with van der Waals surface area (Å²) in [5.74, 6) is -0.266. The number of nitrogens with one attached hydrogen (secondary N) is 1. The van der Waals surface area contributed by atoms with Crippen molar-refractivity contribution in [3.63, 3.8) is 0 Å². The number of hydrogen-bond donors (Lipinski definition) is 1. The predicted molar refractivity (Wildman–Crippen MR) is 72.5 cm³/mol. The monoisotopic (exact) mass is 337 g/mol. The second kappa shape index (κ2) is 6.93. The van der Waals surface area contributed by atoms with Gasteiger partial charge in [-0.3, -0.25) is 4.79 Å². The second-order valence-corrected chi connectivity index (χ2v) is 5.01. The third kappa shape index (κ3) is 5.22. The van der Waals surface area contributed by atoms with Gasteiger partial charge in [-0.15, -0.1) is 0 Å². The van der Waals surface area contributed by atoms with E-state index >= 15 is 0 Å². The molecule has 0 atom stereocenters. The number of halogens is 4. The molecule has 2 nitrogen and oxygen atoms in total. The van der Waals surface area contributed by atoms with Gasteiger partial charge in [0.2, 0.25) is 5.91 Å². The molecule has 0 aromatic heterocycles. The minimum atomic E-state index is -4.40. The van der Waals surface area contributed by atoms with Gasteiger partial charge in [-0.2, -0.15) is 13.2 Å². The number of anilines is 1. The smallest absolute Gasteiger partial charge is 0.326 e. The molecule has 1 rings (SSSR count). The van der Waals surface area contributed by atoms with Crippen molar-refractivity contribution >= 4 is 27.5 Å². The molecule has 0 unspecified atom stereocenters. The molecule has 1 aromatic carbocycles. The average molecular weight is 338 g/mol. The van der Waals surface area contributed by atoms with Gasteiger partial charge in [0.1, 0.15) is 0 Å². The summed E-state index contributed by atoms with van der Waals surface area (Å²) >= 11 is 3.25. The first-order valence-electron chi connectivity index (χ1n) is 5.88. The summed E-state index contributed by atoms with van der Waals surface area (Å²) in [6.45, 7) is 1.39. The van der Waals surface area contributed by atoms with E-state index in [0.29, 0.717) is 12.8 Å². The summed E-state index contributed by atoms with van der Waals surface area (Å²) in [7, 11) is 0. The molecule has 1 aromatic rings. The second-order valence-electron chi connectivity index (χ2n) is 4.22. The topological polar surface area (TPSA) is 29.1 Å². The molecule has 1 N–H and O–H groups in total. The fourth-order valence-corrected chi connectivity index (χ4v) is 2.01. The molecule has 19 heavy (non-hydrogen) atoms. The van der Waals surface area contributed by atoms with Gasteiger partial charge >= 0.3 is 6.18 Å². The Hall–Kier alpha value is -1.04. The maximum Gasteiger partial charge on any atom is 0.416 e. The van der Waals surface area contributed by atoms with Crippen LogP contribution in [-0.2, 0) is 11.0 Å². The van der Waals surface area contributed by atoms with Crippen LogP contribution in [0, 0.1) is 6.92 Å². The minimum absolute atomic E-state index is 0.143. The molecule has 0 heterocycles. The molecule has 0 aliphatic heterocycles. The number of unbranched alkanes of at least 4 members (excludes halogenated alkanes) is 1. The highest BCUT2D eigenvalue weighted by molar-refractivity contribution is 9.09. The van der Waals surface area contributed by atoms with Crippen LogP contribution >= 0.6 is 15.9 Å². The zero-order valence-corrected chi connectivity index (χ0v) is 12.1. The molecule has 1 amide bonds. The molecule has 0 fully saturated rings. The van der Waals surface area contributed by atoms with Gasteiger partial charge in [0.15, 0.2) is 0 Å². The zero-order valence-electron chi connectivity index (χ0n) is 10.5. The highest BCUT2D eigenvalue weighted by Gasteiger charge is 2.32. The quantitative estimate of drug-likeness (QED) is 0.621. The Balaban J connectivity index is 2.72. The largest absolute Gasteiger partial charge is 0.416 e. The van der Waals surface area contributed by atoms with Gasteiger partial charge in [0, 0.05) is 17.4 Å². The fourth-order valence-electron chi connectivity index (χ4n) is 1.61. The Bertz CT molecular complexity index is 446. The lowest BCUT2D eigenvalue weighted by atomic mass is 10.1.